The van der Waals surface area contributed by atoms with Crippen LogP contribution in [0.3, 0.4) is 0 Å². The lowest BCUT2D eigenvalue weighted by Gasteiger charge is -2.48. The van der Waals surface area contributed by atoms with Crippen molar-refractivity contribution in [1.82, 2.24) is 20.0 Å². The van der Waals surface area contributed by atoms with Gasteiger partial charge in [0.2, 0.25) is 5.91 Å². The zero-order valence-electron chi connectivity index (χ0n) is 15.2. The normalized spacial score (nSPS) is 24.2. The van der Waals surface area contributed by atoms with Crippen LogP contribution in [0.2, 0.25) is 0 Å². The van der Waals surface area contributed by atoms with Crippen LogP contribution in [0.1, 0.15) is 48.3 Å². The minimum Gasteiger partial charge on any atom is -0.385 e. The number of hydrogen-bond donors (Lipinski definition) is 1. The van der Waals surface area contributed by atoms with Crippen LogP contribution < -0.4 is 0 Å². The van der Waals surface area contributed by atoms with E-state index in [0.29, 0.717) is 25.3 Å². The van der Waals surface area contributed by atoms with Crippen molar-refractivity contribution in [2.24, 2.45) is 5.41 Å². The smallest absolute Gasteiger partial charge is 0.274 e. The van der Waals surface area contributed by atoms with E-state index in [-0.39, 0.29) is 17.2 Å². The van der Waals surface area contributed by atoms with Gasteiger partial charge in [-0.2, -0.15) is 5.10 Å². The molecule has 3 heterocycles. The molecule has 3 rings (SSSR count). The zero-order valence-corrected chi connectivity index (χ0v) is 15.2. The highest BCUT2D eigenvalue weighted by Crippen LogP contribution is 2.39. The molecule has 1 aromatic heterocycles. The first-order valence-electron chi connectivity index (χ1n) is 9.11. The minimum atomic E-state index is -0.00809. The maximum atomic E-state index is 12.7. The maximum Gasteiger partial charge on any atom is 0.274 e. The Labute approximate surface area is 148 Å². The van der Waals surface area contributed by atoms with E-state index in [1.54, 1.807) is 13.2 Å². The second-order valence-electron chi connectivity index (χ2n) is 7.43. The lowest BCUT2D eigenvalue weighted by molar-refractivity contribution is -0.139. The number of aryl methyl sites for hydroxylation is 1. The van der Waals surface area contributed by atoms with E-state index in [2.05, 4.69) is 10.2 Å². The number of carbonyl (C=O) groups is 2. The molecular formula is C18H28N4O3. The molecule has 0 bridgehead atoms. The fourth-order valence-electron chi connectivity index (χ4n) is 4.11. The van der Waals surface area contributed by atoms with Gasteiger partial charge in [0.1, 0.15) is 5.69 Å². The van der Waals surface area contributed by atoms with Crippen LogP contribution in [0.5, 0.6) is 0 Å². The van der Waals surface area contributed by atoms with E-state index >= 15 is 0 Å². The molecule has 138 valence electrons. The summed E-state index contributed by atoms with van der Waals surface area (Å²) in [6.07, 6.45) is 4.36. The molecule has 2 saturated heterocycles. The number of nitrogens with zero attached hydrogens (tertiary/aromatic N) is 3. The van der Waals surface area contributed by atoms with Crippen molar-refractivity contribution in [2.75, 3.05) is 39.9 Å². The van der Waals surface area contributed by atoms with Crippen LogP contribution in [-0.4, -0.2) is 71.7 Å². The molecule has 2 aliphatic rings. The fraction of sp³-hybridized carbons (Fsp3) is 0.722. The number of hydrogen-bond acceptors (Lipinski definition) is 4. The molecule has 1 aromatic rings. The first-order chi connectivity index (χ1) is 12.0. The van der Waals surface area contributed by atoms with Gasteiger partial charge < -0.3 is 14.5 Å². The third-order valence-corrected chi connectivity index (χ3v) is 5.40. The average Bonchev–Trinajstić information content (AvgIpc) is 3.04. The van der Waals surface area contributed by atoms with Crippen molar-refractivity contribution >= 4 is 11.8 Å². The summed E-state index contributed by atoms with van der Waals surface area (Å²) in [6.45, 7) is 5.53. The topological polar surface area (TPSA) is 78.5 Å². The van der Waals surface area contributed by atoms with Crippen LogP contribution >= 0.6 is 0 Å². The number of amides is 2. The van der Waals surface area contributed by atoms with E-state index in [0.717, 1.165) is 51.0 Å². The summed E-state index contributed by atoms with van der Waals surface area (Å²) in [4.78, 5) is 28.9. The molecule has 0 aromatic carbocycles. The van der Waals surface area contributed by atoms with E-state index in [1.165, 1.54) is 0 Å². The number of rotatable bonds is 5. The van der Waals surface area contributed by atoms with Gasteiger partial charge in [0.15, 0.2) is 0 Å². The third-order valence-electron chi connectivity index (χ3n) is 5.40. The summed E-state index contributed by atoms with van der Waals surface area (Å²) in [5, 5.41) is 6.95. The zero-order chi connectivity index (χ0) is 17.9. The number of likely N-dealkylation sites (tertiary alicyclic amines) is 2. The summed E-state index contributed by atoms with van der Waals surface area (Å²) in [7, 11) is 1.68. The Morgan fingerprint density at radius 2 is 2.24 bits per heavy atom. The van der Waals surface area contributed by atoms with E-state index in [1.807, 2.05) is 16.7 Å². The Kier molecular flexibility index (Phi) is 5.42. The number of carbonyl (C=O) groups excluding carboxylic acids is 2. The van der Waals surface area contributed by atoms with Crippen molar-refractivity contribution in [1.29, 1.82) is 0 Å². The molecule has 2 aliphatic heterocycles. The van der Waals surface area contributed by atoms with Crippen LogP contribution in [0.4, 0.5) is 0 Å². The molecule has 1 N–H and O–H groups in total. The Morgan fingerprint density at radius 1 is 1.40 bits per heavy atom. The predicted molar refractivity (Wildman–Crippen MR) is 93.2 cm³/mol. The lowest BCUT2D eigenvalue weighted by atomic mass is 9.73. The number of aromatic amines is 1. The summed E-state index contributed by atoms with van der Waals surface area (Å²) in [5.74, 6) is 0.222. The van der Waals surface area contributed by atoms with Crippen LogP contribution in [0, 0.1) is 12.3 Å². The number of piperidine rings is 2. The second kappa shape index (κ2) is 7.56. The van der Waals surface area contributed by atoms with Gasteiger partial charge in [-0.1, -0.05) is 0 Å². The van der Waals surface area contributed by atoms with Crippen molar-refractivity contribution < 1.29 is 14.3 Å². The molecule has 0 saturated carbocycles. The van der Waals surface area contributed by atoms with Gasteiger partial charge in [-0.05, 0) is 38.7 Å². The standard InChI is InChI=1S/C18H28N4O3/c1-14-11-15(20-19-14)17(24)22-8-3-6-18(13-22)7-5-16(23)21(12-18)9-4-10-25-2/h11H,3-10,12-13H2,1-2H3,(H,19,20). The molecule has 7 nitrogen and oxygen atoms in total. The van der Waals surface area contributed by atoms with Crippen LogP contribution in [-0.2, 0) is 9.53 Å². The highest BCUT2D eigenvalue weighted by Gasteiger charge is 2.42. The molecule has 2 amide bonds. The predicted octanol–water partition coefficient (Wildman–Crippen LogP) is 1.60. The molecule has 7 heteroatoms. The second-order valence-corrected chi connectivity index (χ2v) is 7.43. The van der Waals surface area contributed by atoms with Gasteiger partial charge in [-0.3, -0.25) is 14.7 Å². The average molecular weight is 348 g/mol. The number of aromatic nitrogens is 2. The van der Waals surface area contributed by atoms with Crippen molar-refractivity contribution in [3.8, 4) is 0 Å². The molecule has 1 unspecified atom stereocenters. The summed E-state index contributed by atoms with van der Waals surface area (Å²) in [5.41, 5.74) is 1.40. The number of ether oxygens (including phenoxy) is 1. The molecule has 25 heavy (non-hydrogen) atoms. The van der Waals surface area contributed by atoms with Gasteiger partial charge in [-0.15, -0.1) is 0 Å². The first kappa shape index (κ1) is 17.9. The van der Waals surface area contributed by atoms with Crippen LogP contribution in [0.25, 0.3) is 0 Å². The van der Waals surface area contributed by atoms with Crippen molar-refractivity contribution in [3.05, 3.63) is 17.5 Å². The monoisotopic (exact) mass is 348 g/mol. The fourth-order valence-corrected chi connectivity index (χ4v) is 4.11. The number of H-pyrrole nitrogens is 1. The highest BCUT2D eigenvalue weighted by atomic mass is 16.5. The van der Waals surface area contributed by atoms with Crippen molar-refractivity contribution in [3.63, 3.8) is 0 Å². The Bertz CT molecular complexity index is 630. The number of nitrogens with one attached hydrogen (secondary N) is 1. The van der Waals surface area contributed by atoms with E-state index < -0.39 is 0 Å². The van der Waals surface area contributed by atoms with Gasteiger partial charge >= 0.3 is 0 Å². The lowest BCUT2D eigenvalue weighted by Crippen LogP contribution is -2.55. The Balaban J connectivity index is 1.66. The molecule has 1 atom stereocenters. The summed E-state index contributed by atoms with van der Waals surface area (Å²) in [6, 6.07) is 1.80. The quantitative estimate of drug-likeness (QED) is 0.820. The van der Waals surface area contributed by atoms with E-state index in [9.17, 15) is 9.59 Å². The molecular weight excluding hydrogens is 320 g/mol. The molecule has 1 spiro atoms. The summed E-state index contributed by atoms with van der Waals surface area (Å²) < 4.78 is 5.10. The van der Waals surface area contributed by atoms with Gasteiger partial charge in [0.05, 0.1) is 0 Å². The van der Waals surface area contributed by atoms with Crippen molar-refractivity contribution in [2.45, 2.75) is 39.0 Å². The molecule has 2 fully saturated rings. The van der Waals surface area contributed by atoms with Crippen LogP contribution in [0.15, 0.2) is 6.07 Å². The third kappa shape index (κ3) is 4.03. The van der Waals surface area contributed by atoms with Gasteiger partial charge in [-0.25, -0.2) is 0 Å². The van der Waals surface area contributed by atoms with Gasteiger partial charge in [0, 0.05) is 57.4 Å². The molecule has 0 aliphatic carbocycles. The maximum absolute atomic E-state index is 12.7. The highest BCUT2D eigenvalue weighted by molar-refractivity contribution is 5.92. The largest absolute Gasteiger partial charge is 0.385 e. The Morgan fingerprint density at radius 3 is 2.96 bits per heavy atom. The van der Waals surface area contributed by atoms with E-state index in [4.69, 9.17) is 4.74 Å². The summed E-state index contributed by atoms with van der Waals surface area (Å²) >= 11 is 0. The molecule has 0 radical (unpaired) electrons. The number of methoxy groups -OCH3 is 1. The first-order valence-corrected chi connectivity index (χ1v) is 9.11. The minimum absolute atomic E-state index is 0.00809. The van der Waals surface area contributed by atoms with Gasteiger partial charge in [0.25, 0.3) is 5.91 Å². The SMILES string of the molecule is COCCCN1CC2(CCCN(C(=O)c3cc(C)[nH]n3)C2)CCC1=O. The Hall–Kier alpha value is -1.89.